The number of hydrogen-bond acceptors (Lipinski definition) is 3. The van der Waals surface area contributed by atoms with Crippen molar-refractivity contribution in [3.8, 4) is 0 Å². The number of nitrogens with one attached hydrogen (secondary N) is 1. The summed E-state index contributed by atoms with van der Waals surface area (Å²) in [6, 6.07) is 5.40. The van der Waals surface area contributed by atoms with E-state index in [4.69, 9.17) is 11.6 Å². The molecule has 1 fully saturated rings. The summed E-state index contributed by atoms with van der Waals surface area (Å²) in [6.45, 7) is 0.348. The van der Waals surface area contributed by atoms with E-state index in [1.165, 1.54) is 19.3 Å². The molecule has 0 bridgehead atoms. The van der Waals surface area contributed by atoms with E-state index >= 15 is 0 Å². The van der Waals surface area contributed by atoms with Gasteiger partial charge in [-0.1, -0.05) is 30.9 Å². The molecule has 0 amide bonds. The van der Waals surface area contributed by atoms with Crippen LogP contribution < -0.4 is 9.62 Å². The Labute approximate surface area is 118 Å². The first-order chi connectivity index (χ1) is 9.08. The number of fused-ring (bicyclic) bond motifs is 1. The lowest BCUT2D eigenvalue weighted by molar-refractivity contribution is 0.408. The minimum atomic E-state index is -3.38. The third kappa shape index (κ3) is 2.47. The van der Waals surface area contributed by atoms with Crippen LogP contribution in [0.15, 0.2) is 23.1 Å². The van der Waals surface area contributed by atoms with E-state index in [9.17, 15) is 8.42 Å². The summed E-state index contributed by atoms with van der Waals surface area (Å²) in [5, 5.41) is 0.580. The molecule has 1 aromatic carbocycles. The maximum Gasteiger partial charge on any atom is 0.244 e. The van der Waals surface area contributed by atoms with Crippen molar-refractivity contribution in [2.24, 2.45) is 0 Å². The lowest BCUT2D eigenvalue weighted by atomic mass is 9.94. The number of rotatable bonds is 1. The van der Waals surface area contributed by atoms with Gasteiger partial charge in [0.05, 0.1) is 12.4 Å². The Kier molecular flexibility index (Phi) is 3.45. The van der Waals surface area contributed by atoms with Gasteiger partial charge in [-0.25, -0.2) is 8.42 Å². The fourth-order valence-corrected chi connectivity index (χ4v) is 4.31. The minimum absolute atomic E-state index is 0.341. The zero-order chi connectivity index (χ0) is 13.5. The molecule has 1 aromatic rings. The second-order valence-electron chi connectivity index (χ2n) is 5.18. The monoisotopic (exact) mass is 300 g/mol. The maximum absolute atomic E-state index is 12.0. The summed E-state index contributed by atoms with van der Waals surface area (Å²) in [4.78, 5) is 2.50. The van der Waals surface area contributed by atoms with Gasteiger partial charge >= 0.3 is 0 Å². The molecule has 0 radical (unpaired) electrons. The van der Waals surface area contributed by atoms with Crippen molar-refractivity contribution in [2.75, 3.05) is 11.6 Å². The predicted octanol–water partition coefficient (Wildman–Crippen LogP) is 2.73. The number of benzene rings is 1. The predicted molar refractivity (Wildman–Crippen MR) is 76.0 cm³/mol. The van der Waals surface area contributed by atoms with Gasteiger partial charge in [-0.3, -0.25) is 0 Å². The molecule has 1 heterocycles. The highest BCUT2D eigenvalue weighted by molar-refractivity contribution is 7.89. The molecule has 0 aromatic heterocycles. The molecule has 1 N–H and O–H groups in total. The third-order valence-corrected chi connectivity index (χ3v) is 5.63. The first-order valence-corrected chi connectivity index (χ1v) is 8.50. The second-order valence-corrected chi connectivity index (χ2v) is 7.35. The number of sulfonamides is 1. The molecule has 0 saturated heterocycles. The van der Waals surface area contributed by atoms with Gasteiger partial charge in [0.15, 0.2) is 0 Å². The van der Waals surface area contributed by atoms with Gasteiger partial charge in [-0.2, -0.15) is 4.72 Å². The summed E-state index contributed by atoms with van der Waals surface area (Å²) >= 11 is 6.03. The Hall–Kier alpha value is -0.780. The van der Waals surface area contributed by atoms with Crippen LogP contribution in [-0.2, 0) is 10.0 Å². The molecular formula is C13H17ClN2O2S. The van der Waals surface area contributed by atoms with E-state index in [1.54, 1.807) is 18.2 Å². The van der Waals surface area contributed by atoms with Crippen molar-refractivity contribution in [3.63, 3.8) is 0 Å². The molecule has 1 aliphatic carbocycles. The molecule has 3 rings (SSSR count). The summed E-state index contributed by atoms with van der Waals surface area (Å²) in [5.41, 5.74) is 0.748. The van der Waals surface area contributed by atoms with Gasteiger partial charge in [0.2, 0.25) is 10.0 Å². The van der Waals surface area contributed by atoms with Crippen molar-refractivity contribution in [2.45, 2.75) is 43.0 Å². The number of hydrogen-bond donors (Lipinski definition) is 1. The van der Waals surface area contributed by atoms with Gasteiger partial charge in [-0.15, -0.1) is 0 Å². The van der Waals surface area contributed by atoms with Gasteiger partial charge in [-0.05, 0) is 31.0 Å². The van der Waals surface area contributed by atoms with Gasteiger partial charge in [0.1, 0.15) is 4.90 Å². The fourth-order valence-electron chi connectivity index (χ4n) is 2.98. The van der Waals surface area contributed by atoms with E-state index < -0.39 is 10.0 Å². The molecule has 104 valence electrons. The Balaban J connectivity index is 2.03. The largest absolute Gasteiger partial charge is 0.354 e. The maximum atomic E-state index is 12.0. The molecule has 0 spiro atoms. The molecule has 6 heteroatoms. The topological polar surface area (TPSA) is 49.4 Å². The Morgan fingerprint density at radius 1 is 1.21 bits per heavy atom. The summed E-state index contributed by atoms with van der Waals surface area (Å²) < 4.78 is 26.7. The molecule has 0 unspecified atom stereocenters. The summed E-state index contributed by atoms with van der Waals surface area (Å²) in [5.74, 6) is 0. The van der Waals surface area contributed by atoms with Gasteiger partial charge in [0.25, 0.3) is 0 Å². The van der Waals surface area contributed by atoms with E-state index in [-0.39, 0.29) is 0 Å². The lowest BCUT2D eigenvalue weighted by Crippen LogP contribution is -2.48. The Morgan fingerprint density at radius 2 is 1.95 bits per heavy atom. The second kappa shape index (κ2) is 4.96. The Morgan fingerprint density at radius 3 is 2.68 bits per heavy atom. The number of halogens is 1. The van der Waals surface area contributed by atoms with E-state index in [1.807, 2.05) is 0 Å². The van der Waals surface area contributed by atoms with Crippen molar-refractivity contribution >= 4 is 27.3 Å². The standard InChI is InChI=1S/C13H17ClN2O2S/c14-10-6-7-13-12(8-10)16(9-15-19(13,17)18)11-4-2-1-3-5-11/h6-8,11,15H,1-5,9H2. The number of anilines is 1. The molecular weight excluding hydrogens is 284 g/mol. The van der Waals surface area contributed by atoms with Crippen LogP contribution in [-0.4, -0.2) is 21.1 Å². The van der Waals surface area contributed by atoms with Crippen molar-refractivity contribution in [1.29, 1.82) is 0 Å². The zero-order valence-corrected chi connectivity index (χ0v) is 12.2. The average molecular weight is 301 g/mol. The number of nitrogens with zero attached hydrogens (tertiary/aromatic N) is 1. The highest BCUT2D eigenvalue weighted by Gasteiger charge is 2.32. The average Bonchev–Trinajstić information content (AvgIpc) is 2.39. The smallest absolute Gasteiger partial charge is 0.244 e. The first-order valence-electron chi connectivity index (χ1n) is 6.64. The zero-order valence-electron chi connectivity index (χ0n) is 10.6. The quantitative estimate of drug-likeness (QED) is 0.867. The molecule has 0 atom stereocenters. The highest BCUT2D eigenvalue weighted by atomic mass is 35.5. The van der Waals surface area contributed by atoms with Crippen LogP contribution in [0.4, 0.5) is 5.69 Å². The van der Waals surface area contributed by atoms with Gasteiger partial charge in [0, 0.05) is 11.1 Å². The van der Waals surface area contributed by atoms with Crippen LogP contribution in [0.3, 0.4) is 0 Å². The molecule has 19 heavy (non-hydrogen) atoms. The molecule has 4 nitrogen and oxygen atoms in total. The SMILES string of the molecule is O=S1(=O)NCN(C2CCCCC2)c2cc(Cl)ccc21. The molecule has 1 aliphatic heterocycles. The molecule has 1 saturated carbocycles. The van der Waals surface area contributed by atoms with Gasteiger partial charge < -0.3 is 4.90 Å². The Bertz CT molecular complexity index is 582. The van der Waals surface area contributed by atoms with E-state index in [0.717, 1.165) is 18.5 Å². The highest BCUT2D eigenvalue weighted by Crippen LogP contribution is 2.35. The van der Waals surface area contributed by atoms with Crippen molar-refractivity contribution in [3.05, 3.63) is 23.2 Å². The van der Waals surface area contributed by atoms with Crippen LogP contribution >= 0.6 is 11.6 Å². The fraction of sp³-hybridized carbons (Fsp3) is 0.538. The van der Waals surface area contributed by atoms with Crippen molar-refractivity contribution in [1.82, 2.24) is 4.72 Å². The summed E-state index contributed by atoms with van der Waals surface area (Å²) in [7, 11) is -3.38. The normalized spacial score (nSPS) is 23.1. The van der Waals surface area contributed by atoms with Crippen LogP contribution in [0.5, 0.6) is 0 Å². The first kappa shape index (κ1) is 13.2. The van der Waals surface area contributed by atoms with Crippen LogP contribution in [0.2, 0.25) is 5.02 Å². The third-order valence-electron chi connectivity index (χ3n) is 3.96. The van der Waals surface area contributed by atoms with Crippen LogP contribution in [0, 0.1) is 0 Å². The van der Waals surface area contributed by atoms with E-state index in [2.05, 4.69) is 9.62 Å². The van der Waals surface area contributed by atoms with Crippen LogP contribution in [0.1, 0.15) is 32.1 Å². The minimum Gasteiger partial charge on any atom is -0.354 e. The van der Waals surface area contributed by atoms with Crippen molar-refractivity contribution < 1.29 is 8.42 Å². The molecule has 2 aliphatic rings. The van der Waals surface area contributed by atoms with E-state index in [0.29, 0.717) is 22.6 Å². The summed E-state index contributed by atoms with van der Waals surface area (Å²) in [6.07, 6.45) is 5.94. The van der Waals surface area contributed by atoms with Crippen LogP contribution in [0.25, 0.3) is 0 Å². The lowest BCUT2D eigenvalue weighted by Gasteiger charge is -2.39.